The number of rotatable bonds is 4. The lowest BCUT2D eigenvalue weighted by molar-refractivity contribution is 0.464. The van der Waals surface area contributed by atoms with Crippen LogP contribution in [0.5, 0.6) is 0 Å². The summed E-state index contributed by atoms with van der Waals surface area (Å²) in [5.74, 6) is 0.916. The predicted molar refractivity (Wildman–Crippen MR) is 65.9 cm³/mol. The Morgan fingerprint density at radius 1 is 1.25 bits per heavy atom. The maximum absolute atomic E-state index is 5.38. The summed E-state index contributed by atoms with van der Waals surface area (Å²) in [5.41, 5.74) is 2.09. The van der Waals surface area contributed by atoms with Crippen LogP contribution in [0.2, 0.25) is 0 Å². The summed E-state index contributed by atoms with van der Waals surface area (Å²) in [5, 5.41) is 3.28. The quantitative estimate of drug-likeness (QED) is 0.936. The van der Waals surface area contributed by atoms with Crippen molar-refractivity contribution < 1.29 is 4.42 Å². The van der Waals surface area contributed by atoms with Crippen LogP contribution in [-0.2, 0) is 13.1 Å². The molecule has 0 saturated carbocycles. The van der Waals surface area contributed by atoms with Crippen LogP contribution in [-0.4, -0.2) is 4.98 Å². The minimum atomic E-state index is 0.710. The molecule has 2 rings (SSSR count). The van der Waals surface area contributed by atoms with Gasteiger partial charge in [-0.25, -0.2) is 0 Å². The molecule has 0 radical (unpaired) electrons. The molecule has 3 nitrogen and oxygen atoms in total. The summed E-state index contributed by atoms with van der Waals surface area (Å²) in [4.78, 5) is 4.41. The van der Waals surface area contributed by atoms with Crippen LogP contribution in [0.4, 0.5) is 0 Å². The fourth-order valence-electron chi connectivity index (χ4n) is 1.46. The summed E-state index contributed by atoms with van der Waals surface area (Å²) in [7, 11) is 0. The maximum Gasteiger partial charge on any atom is 0.169 e. The molecule has 0 spiro atoms. The topological polar surface area (TPSA) is 38.1 Å². The van der Waals surface area contributed by atoms with Gasteiger partial charge in [-0.05, 0) is 47.1 Å². The van der Waals surface area contributed by atoms with Crippen molar-refractivity contribution in [1.82, 2.24) is 10.3 Å². The number of nitrogens with zero attached hydrogens (tertiary/aromatic N) is 1. The lowest BCUT2D eigenvalue weighted by Gasteiger charge is -2.02. The molecule has 0 saturated heterocycles. The van der Waals surface area contributed by atoms with Crippen LogP contribution in [0.3, 0.4) is 0 Å². The molecule has 0 aliphatic rings. The number of nitrogens with one attached hydrogen (secondary N) is 1. The minimum Gasteiger partial charge on any atom is -0.453 e. The van der Waals surface area contributed by atoms with Crippen molar-refractivity contribution in [2.24, 2.45) is 0 Å². The Labute approximate surface area is 103 Å². The van der Waals surface area contributed by atoms with Gasteiger partial charge in [-0.1, -0.05) is 6.07 Å². The van der Waals surface area contributed by atoms with E-state index in [9.17, 15) is 0 Å². The zero-order valence-electron chi connectivity index (χ0n) is 9.03. The molecule has 84 valence electrons. The van der Waals surface area contributed by atoms with Gasteiger partial charge in [0.25, 0.3) is 0 Å². The third-order valence-electron chi connectivity index (χ3n) is 2.18. The SMILES string of the molecule is Cc1cccc(CNCc2ccc(Br)o2)n1. The Morgan fingerprint density at radius 3 is 2.81 bits per heavy atom. The van der Waals surface area contributed by atoms with Gasteiger partial charge in [0.05, 0.1) is 12.2 Å². The molecule has 0 aliphatic heterocycles. The smallest absolute Gasteiger partial charge is 0.169 e. The van der Waals surface area contributed by atoms with Crippen LogP contribution < -0.4 is 5.32 Å². The highest BCUT2D eigenvalue weighted by molar-refractivity contribution is 9.10. The zero-order chi connectivity index (χ0) is 11.4. The van der Waals surface area contributed by atoms with Gasteiger partial charge in [-0.2, -0.15) is 0 Å². The molecule has 1 N–H and O–H groups in total. The Hall–Kier alpha value is -1.13. The van der Waals surface area contributed by atoms with Gasteiger partial charge in [-0.3, -0.25) is 4.98 Å². The van der Waals surface area contributed by atoms with Gasteiger partial charge in [0.1, 0.15) is 5.76 Å². The van der Waals surface area contributed by atoms with E-state index < -0.39 is 0 Å². The molecule has 0 amide bonds. The highest BCUT2D eigenvalue weighted by Crippen LogP contribution is 2.13. The second-order valence-electron chi connectivity index (χ2n) is 3.58. The Balaban J connectivity index is 1.84. The fraction of sp³-hybridized carbons (Fsp3) is 0.250. The van der Waals surface area contributed by atoms with Gasteiger partial charge in [0, 0.05) is 12.2 Å². The first-order chi connectivity index (χ1) is 7.74. The van der Waals surface area contributed by atoms with Crippen LogP contribution in [0, 0.1) is 6.92 Å². The lowest BCUT2D eigenvalue weighted by Crippen LogP contribution is -2.13. The summed E-state index contributed by atoms with van der Waals surface area (Å²) >= 11 is 3.27. The van der Waals surface area contributed by atoms with Gasteiger partial charge in [0.15, 0.2) is 4.67 Å². The van der Waals surface area contributed by atoms with Crippen LogP contribution in [0.15, 0.2) is 39.4 Å². The number of hydrogen-bond donors (Lipinski definition) is 1. The summed E-state index contributed by atoms with van der Waals surface area (Å²) in [6.07, 6.45) is 0. The molecule has 2 heterocycles. The predicted octanol–water partition coefficient (Wildman–Crippen LogP) is 3.04. The monoisotopic (exact) mass is 280 g/mol. The second-order valence-corrected chi connectivity index (χ2v) is 4.36. The molecule has 0 aromatic carbocycles. The highest BCUT2D eigenvalue weighted by atomic mass is 79.9. The third-order valence-corrected chi connectivity index (χ3v) is 2.61. The van der Waals surface area contributed by atoms with E-state index in [1.165, 1.54) is 0 Å². The van der Waals surface area contributed by atoms with Gasteiger partial charge in [-0.15, -0.1) is 0 Å². The van der Waals surface area contributed by atoms with Crippen molar-refractivity contribution >= 4 is 15.9 Å². The van der Waals surface area contributed by atoms with Crippen molar-refractivity contribution in [2.45, 2.75) is 20.0 Å². The summed E-state index contributed by atoms with van der Waals surface area (Å²) < 4.78 is 6.14. The highest BCUT2D eigenvalue weighted by Gasteiger charge is 1.99. The number of aryl methyl sites for hydroxylation is 1. The molecule has 2 aromatic heterocycles. The number of pyridine rings is 1. The lowest BCUT2D eigenvalue weighted by atomic mass is 10.3. The Morgan fingerprint density at radius 2 is 2.12 bits per heavy atom. The van der Waals surface area contributed by atoms with E-state index in [0.29, 0.717) is 6.54 Å². The first kappa shape index (κ1) is 11.4. The average molecular weight is 281 g/mol. The van der Waals surface area contributed by atoms with Gasteiger partial charge in [0.2, 0.25) is 0 Å². The van der Waals surface area contributed by atoms with Crippen LogP contribution in [0.25, 0.3) is 0 Å². The molecule has 2 aromatic rings. The standard InChI is InChI=1S/C12H13BrN2O/c1-9-3-2-4-10(15-9)7-14-8-11-5-6-12(13)16-11/h2-6,14H,7-8H2,1H3. The number of hydrogen-bond acceptors (Lipinski definition) is 3. The van der Waals surface area contributed by atoms with Crippen molar-refractivity contribution in [3.63, 3.8) is 0 Å². The zero-order valence-corrected chi connectivity index (χ0v) is 10.6. The van der Waals surface area contributed by atoms with Crippen molar-refractivity contribution in [2.75, 3.05) is 0 Å². The van der Waals surface area contributed by atoms with E-state index in [0.717, 1.165) is 28.4 Å². The molecule has 4 heteroatoms. The van der Waals surface area contributed by atoms with Gasteiger partial charge >= 0.3 is 0 Å². The Kier molecular flexibility index (Phi) is 3.74. The molecule has 0 bridgehead atoms. The molecule has 0 atom stereocenters. The van der Waals surface area contributed by atoms with Crippen LogP contribution >= 0.6 is 15.9 Å². The minimum absolute atomic E-state index is 0.710. The van der Waals surface area contributed by atoms with E-state index in [4.69, 9.17) is 4.42 Å². The molecule has 0 unspecified atom stereocenters. The normalized spacial score (nSPS) is 10.6. The van der Waals surface area contributed by atoms with E-state index in [-0.39, 0.29) is 0 Å². The number of halogens is 1. The van der Waals surface area contributed by atoms with Crippen molar-refractivity contribution in [3.8, 4) is 0 Å². The van der Waals surface area contributed by atoms with E-state index in [2.05, 4.69) is 26.2 Å². The molecular weight excluding hydrogens is 268 g/mol. The van der Waals surface area contributed by atoms with E-state index >= 15 is 0 Å². The average Bonchev–Trinajstić information content (AvgIpc) is 2.64. The summed E-state index contributed by atoms with van der Waals surface area (Å²) in [6.45, 7) is 3.45. The van der Waals surface area contributed by atoms with E-state index in [1.54, 1.807) is 0 Å². The molecule has 0 fully saturated rings. The molecule has 0 aliphatic carbocycles. The van der Waals surface area contributed by atoms with Gasteiger partial charge < -0.3 is 9.73 Å². The Bertz CT molecular complexity index is 468. The third kappa shape index (κ3) is 3.18. The first-order valence-electron chi connectivity index (χ1n) is 5.11. The number of aromatic nitrogens is 1. The van der Waals surface area contributed by atoms with Crippen molar-refractivity contribution in [3.05, 3.63) is 52.1 Å². The maximum atomic E-state index is 5.38. The summed E-state index contributed by atoms with van der Waals surface area (Å²) in [6, 6.07) is 9.86. The van der Waals surface area contributed by atoms with Crippen molar-refractivity contribution in [1.29, 1.82) is 0 Å². The molecular formula is C12H13BrN2O. The van der Waals surface area contributed by atoms with E-state index in [1.807, 2.05) is 37.3 Å². The van der Waals surface area contributed by atoms with Crippen LogP contribution in [0.1, 0.15) is 17.1 Å². The number of furan rings is 1. The largest absolute Gasteiger partial charge is 0.453 e. The second kappa shape index (κ2) is 5.27. The fourth-order valence-corrected chi connectivity index (χ4v) is 1.80. The first-order valence-corrected chi connectivity index (χ1v) is 5.91. The molecule has 16 heavy (non-hydrogen) atoms.